The molecule has 3 aromatic rings. The standard InChI is InChI=1S/C24H25FN4O3/c1-15-9-10-16(12-18(15)17-6-3-4-7-19(17)25)20-13-26-23(28-20)21-8-5-11-29(21)22(30)14-27-24(31)32-2/h3-4,6-7,9-10,12-13,21H,5,8,11,14H2,1-2H3,(H,26,28)(H,27,31)/t21-/m0/s1. The number of aromatic amines is 1. The van der Waals surface area contributed by atoms with Crippen LogP contribution in [-0.2, 0) is 9.53 Å². The largest absolute Gasteiger partial charge is 0.453 e. The molecule has 1 aromatic heterocycles. The number of benzene rings is 2. The van der Waals surface area contributed by atoms with Crippen LogP contribution in [0.15, 0.2) is 48.7 Å². The van der Waals surface area contributed by atoms with E-state index in [0.717, 1.165) is 35.2 Å². The molecule has 1 fully saturated rings. The van der Waals surface area contributed by atoms with Crippen LogP contribution in [0.3, 0.4) is 0 Å². The van der Waals surface area contributed by atoms with E-state index in [0.29, 0.717) is 17.9 Å². The van der Waals surface area contributed by atoms with Gasteiger partial charge in [-0.05, 0) is 43.0 Å². The van der Waals surface area contributed by atoms with Gasteiger partial charge in [0, 0.05) is 17.7 Å². The minimum atomic E-state index is -0.639. The molecule has 8 heteroatoms. The smallest absolute Gasteiger partial charge is 0.407 e. The van der Waals surface area contributed by atoms with Crippen molar-refractivity contribution in [2.45, 2.75) is 25.8 Å². The van der Waals surface area contributed by atoms with Crippen molar-refractivity contribution in [3.63, 3.8) is 0 Å². The number of carbonyl (C=O) groups excluding carboxylic acids is 2. The monoisotopic (exact) mass is 436 g/mol. The lowest BCUT2D eigenvalue weighted by Gasteiger charge is -2.23. The summed E-state index contributed by atoms with van der Waals surface area (Å²) in [7, 11) is 1.26. The Hall–Kier alpha value is -3.68. The zero-order chi connectivity index (χ0) is 22.7. The van der Waals surface area contributed by atoms with Crippen LogP contribution >= 0.6 is 0 Å². The fourth-order valence-corrected chi connectivity index (χ4v) is 4.08. The quantitative estimate of drug-likeness (QED) is 0.627. The molecule has 32 heavy (non-hydrogen) atoms. The molecule has 0 unspecified atom stereocenters. The first-order valence-corrected chi connectivity index (χ1v) is 10.5. The summed E-state index contributed by atoms with van der Waals surface area (Å²) >= 11 is 0. The molecule has 1 aliphatic heterocycles. The van der Waals surface area contributed by atoms with Crippen molar-refractivity contribution in [1.29, 1.82) is 0 Å². The average Bonchev–Trinajstić information content (AvgIpc) is 3.48. The fraction of sp³-hybridized carbons (Fsp3) is 0.292. The van der Waals surface area contributed by atoms with E-state index in [1.807, 2.05) is 31.2 Å². The van der Waals surface area contributed by atoms with E-state index in [1.54, 1.807) is 23.2 Å². The van der Waals surface area contributed by atoms with Crippen LogP contribution in [0.4, 0.5) is 9.18 Å². The fourth-order valence-electron chi connectivity index (χ4n) is 4.08. The van der Waals surface area contributed by atoms with E-state index in [2.05, 4.69) is 20.0 Å². The van der Waals surface area contributed by atoms with Gasteiger partial charge in [-0.2, -0.15) is 0 Å². The molecule has 2 N–H and O–H groups in total. The molecular formula is C24H25FN4O3. The second-order valence-electron chi connectivity index (χ2n) is 7.78. The Balaban J connectivity index is 1.56. The number of alkyl carbamates (subject to hydrolysis) is 1. The van der Waals surface area contributed by atoms with Gasteiger partial charge in [-0.3, -0.25) is 4.79 Å². The highest BCUT2D eigenvalue weighted by molar-refractivity contribution is 5.82. The topological polar surface area (TPSA) is 87.3 Å². The van der Waals surface area contributed by atoms with E-state index in [1.165, 1.54) is 13.2 Å². The van der Waals surface area contributed by atoms with Gasteiger partial charge < -0.3 is 19.9 Å². The molecule has 2 aromatic carbocycles. The minimum absolute atomic E-state index is 0.124. The van der Waals surface area contributed by atoms with E-state index in [9.17, 15) is 14.0 Å². The van der Waals surface area contributed by atoms with Crippen molar-refractivity contribution in [3.05, 3.63) is 65.9 Å². The number of nitrogens with one attached hydrogen (secondary N) is 2. The Labute approximate surface area is 185 Å². The summed E-state index contributed by atoms with van der Waals surface area (Å²) in [6.07, 6.45) is 2.73. The van der Waals surface area contributed by atoms with E-state index >= 15 is 0 Å². The van der Waals surface area contributed by atoms with Crippen LogP contribution < -0.4 is 5.32 Å². The Morgan fingerprint density at radius 2 is 2.06 bits per heavy atom. The van der Waals surface area contributed by atoms with Gasteiger partial charge in [0.1, 0.15) is 18.2 Å². The number of rotatable bonds is 5. The molecule has 0 spiro atoms. The molecule has 0 bridgehead atoms. The molecule has 0 saturated carbocycles. The highest BCUT2D eigenvalue weighted by Gasteiger charge is 2.32. The highest BCUT2D eigenvalue weighted by Crippen LogP contribution is 2.33. The van der Waals surface area contributed by atoms with Gasteiger partial charge >= 0.3 is 6.09 Å². The van der Waals surface area contributed by atoms with Crippen LogP contribution in [0, 0.1) is 12.7 Å². The number of methoxy groups -OCH3 is 1. The van der Waals surface area contributed by atoms with Crippen LogP contribution in [0.5, 0.6) is 0 Å². The number of H-pyrrole nitrogens is 1. The number of aromatic nitrogens is 2. The summed E-state index contributed by atoms with van der Waals surface area (Å²) in [5.41, 5.74) is 4.03. The molecule has 0 radical (unpaired) electrons. The van der Waals surface area contributed by atoms with Crippen molar-refractivity contribution in [1.82, 2.24) is 20.2 Å². The number of ether oxygens (including phenoxy) is 1. The predicted molar refractivity (Wildman–Crippen MR) is 118 cm³/mol. The number of amides is 2. The number of carbonyl (C=O) groups is 2. The van der Waals surface area contributed by atoms with Crippen LogP contribution in [-0.4, -0.2) is 47.1 Å². The molecule has 1 aliphatic rings. The number of hydrogen-bond donors (Lipinski definition) is 2. The van der Waals surface area contributed by atoms with Crippen molar-refractivity contribution in [2.75, 3.05) is 20.2 Å². The lowest BCUT2D eigenvalue weighted by Crippen LogP contribution is -2.40. The Bertz CT molecular complexity index is 1140. The summed E-state index contributed by atoms with van der Waals surface area (Å²) in [6, 6.07) is 12.4. The molecule has 4 rings (SSSR count). The summed E-state index contributed by atoms with van der Waals surface area (Å²) in [5, 5.41) is 2.43. The third kappa shape index (κ3) is 4.34. The van der Waals surface area contributed by atoms with Gasteiger partial charge in [0.25, 0.3) is 0 Å². The van der Waals surface area contributed by atoms with Crippen LogP contribution in [0.2, 0.25) is 0 Å². The van der Waals surface area contributed by atoms with Crippen molar-refractivity contribution >= 4 is 12.0 Å². The zero-order valence-electron chi connectivity index (χ0n) is 18.0. The molecule has 0 aliphatic carbocycles. The molecule has 2 heterocycles. The molecule has 166 valence electrons. The third-order valence-electron chi connectivity index (χ3n) is 5.77. The van der Waals surface area contributed by atoms with E-state index in [4.69, 9.17) is 0 Å². The van der Waals surface area contributed by atoms with Gasteiger partial charge in [0.05, 0.1) is 25.0 Å². The van der Waals surface area contributed by atoms with Gasteiger partial charge in [-0.15, -0.1) is 0 Å². The average molecular weight is 436 g/mol. The summed E-state index contributed by atoms with van der Waals surface area (Å²) in [5.74, 6) is 0.240. The maximum Gasteiger partial charge on any atom is 0.407 e. The maximum atomic E-state index is 14.4. The van der Waals surface area contributed by atoms with E-state index in [-0.39, 0.29) is 24.3 Å². The highest BCUT2D eigenvalue weighted by atomic mass is 19.1. The summed E-state index contributed by atoms with van der Waals surface area (Å²) < 4.78 is 18.9. The number of likely N-dealkylation sites (tertiary alicyclic amines) is 1. The first-order valence-electron chi connectivity index (χ1n) is 10.5. The van der Waals surface area contributed by atoms with Gasteiger partial charge in [-0.25, -0.2) is 14.2 Å². The molecule has 1 atom stereocenters. The van der Waals surface area contributed by atoms with Crippen molar-refractivity contribution in [2.24, 2.45) is 0 Å². The molecule has 7 nitrogen and oxygen atoms in total. The number of halogens is 1. The number of hydrogen-bond acceptors (Lipinski definition) is 4. The summed E-state index contributed by atoms with van der Waals surface area (Å²) in [4.78, 5) is 33.4. The minimum Gasteiger partial charge on any atom is -0.453 e. The second-order valence-corrected chi connectivity index (χ2v) is 7.78. The first kappa shape index (κ1) is 21.5. The Kier molecular flexibility index (Phi) is 6.20. The lowest BCUT2D eigenvalue weighted by molar-refractivity contribution is -0.131. The van der Waals surface area contributed by atoms with Crippen molar-refractivity contribution < 1.29 is 18.7 Å². The molecular weight excluding hydrogens is 411 g/mol. The lowest BCUT2D eigenvalue weighted by atomic mass is 9.97. The van der Waals surface area contributed by atoms with E-state index < -0.39 is 6.09 Å². The van der Waals surface area contributed by atoms with Gasteiger partial charge in [0.2, 0.25) is 5.91 Å². The molecule has 2 amide bonds. The SMILES string of the molecule is COC(=O)NCC(=O)N1CCC[C@H]1c1ncc(-c2ccc(C)c(-c3ccccc3F)c2)[nH]1. The zero-order valence-corrected chi connectivity index (χ0v) is 18.0. The van der Waals surface area contributed by atoms with Crippen LogP contribution in [0.1, 0.15) is 30.3 Å². The number of aryl methyl sites for hydroxylation is 1. The predicted octanol–water partition coefficient (Wildman–Crippen LogP) is 4.21. The Morgan fingerprint density at radius 1 is 1.25 bits per heavy atom. The molecule has 1 saturated heterocycles. The van der Waals surface area contributed by atoms with Crippen LogP contribution in [0.25, 0.3) is 22.4 Å². The first-order chi connectivity index (χ1) is 15.5. The Morgan fingerprint density at radius 3 is 2.84 bits per heavy atom. The van der Waals surface area contributed by atoms with Crippen molar-refractivity contribution in [3.8, 4) is 22.4 Å². The normalized spacial score (nSPS) is 15.6. The maximum absolute atomic E-state index is 14.4. The third-order valence-corrected chi connectivity index (χ3v) is 5.77. The van der Waals surface area contributed by atoms with Gasteiger partial charge in [0.15, 0.2) is 0 Å². The second kappa shape index (κ2) is 9.21. The van der Waals surface area contributed by atoms with Gasteiger partial charge in [-0.1, -0.05) is 30.3 Å². The number of nitrogens with zero attached hydrogens (tertiary/aromatic N) is 2. The summed E-state index contributed by atoms with van der Waals surface area (Å²) in [6.45, 7) is 2.43. The number of imidazole rings is 1.